The SMILES string of the molecule is CC(C)(C)S(=O)(=O)CC(=O)N1CCCCC1C(=O)O. The van der Waals surface area contributed by atoms with Gasteiger partial charge >= 0.3 is 5.97 Å². The van der Waals surface area contributed by atoms with Crippen molar-refractivity contribution >= 4 is 21.7 Å². The van der Waals surface area contributed by atoms with E-state index in [1.807, 2.05) is 0 Å². The number of carbonyl (C=O) groups is 2. The van der Waals surface area contributed by atoms with Gasteiger partial charge in [0, 0.05) is 6.54 Å². The van der Waals surface area contributed by atoms with Gasteiger partial charge < -0.3 is 10.0 Å². The van der Waals surface area contributed by atoms with Crippen LogP contribution in [0, 0.1) is 0 Å². The maximum Gasteiger partial charge on any atom is 0.326 e. The lowest BCUT2D eigenvalue weighted by Crippen LogP contribution is -2.51. The minimum absolute atomic E-state index is 0.315. The molecule has 0 saturated carbocycles. The van der Waals surface area contributed by atoms with Gasteiger partial charge in [0.15, 0.2) is 9.84 Å². The first kappa shape index (κ1) is 15.9. The van der Waals surface area contributed by atoms with E-state index in [0.717, 1.165) is 6.42 Å². The van der Waals surface area contributed by atoms with E-state index in [1.54, 1.807) is 0 Å². The summed E-state index contributed by atoms with van der Waals surface area (Å²) in [6, 6.07) is -0.892. The van der Waals surface area contributed by atoms with E-state index >= 15 is 0 Å². The Morgan fingerprint density at radius 1 is 1.26 bits per heavy atom. The summed E-state index contributed by atoms with van der Waals surface area (Å²) < 4.78 is 23.0. The molecule has 0 aromatic heterocycles. The second-order valence-corrected chi connectivity index (χ2v) is 8.55. The van der Waals surface area contributed by atoms with E-state index in [-0.39, 0.29) is 0 Å². The molecular weight excluding hydrogens is 270 g/mol. The van der Waals surface area contributed by atoms with Crippen LogP contribution >= 0.6 is 0 Å². The largest absolute Gasteiger partial charge is 0.480 e. The summed E-state index contributed by atoms with van der Waals surface area (Å²) in [5, 5.41) is 9.07. The number of likely N-dealkylation sites (tertiary alicyclic amines) is 1. The molecule has 7 heteroatoms. The molecule has 1 unspecified atom stereocenters. The van der Waals surface area contributed by atoms with Gasteiger partial charge in [-0.15, -0.1) is 0 Å². The highest BCUT2D eigenvalue weighted by Gasteiger charge is 2.37. The van der Waals surface area contributed by atoms with Crippen molar-refractivity contribution in [1.29, 1.82) is 0 Å². The van der Waals surface area contributed by atoms with Crippen molar-refractivity contribution in [3.05, 3.63) is 0 Å². The molecule has 0 bridgehead atoms. The van der Waals surface area contributed by atoms with Crippen molar-refractivity contribution in [1.82, 2.24) is 4.90 Å². The van der Waals surface area contributed by atoms with E-state index < -0.39 is 38.3 Å². The predicted molar refractivity (Wildman–Crippen MR) is 70.5 cm³/mol. The van der Waals surface area contributed by atoms with Crippen LogP contribution in [0.25, 0.3) is 0 Å². The Balaban J connectivity index is 2.85. The summed E-state index contributed by atoms with van der Waals surface area (Å²) in [6.07, 6.45) is 1.84. The lowest BCUT2D eigenvalue weighted by atomic mass is 10.0. The van der Waals surface area contributed by atoms with Crippen LogP contribution in [0.15, 0.2) is 0 Å². The lowest BCUT2D eigenvalue weighted by molar-refractivity contribution is -0.151. The summed E-state index contributed by atoms with van der Waals surface area (Å²) in [6.45, 7) is 4.90. The molecule has 19 heavy (non-hydrogen) atoms. The number of carboxylic acids is 1. The fourth-order valence-corrected chi connectivity index (χ4v) is 2.87. The molecule has 6 nitrogen and oxygen atoms in total. The van der Waals surface area contributed by atoms with E-state index in [2.05, 4.69) is 0 Å². The maximum atomic E-state index is 12.1. The third-order valence-corrected chi connectivity index (χ3v) is 5.85. The summed E-state index contributed by atoms with van der Waals surface area (Å²) in [5.74, 6) is -2.30. The summed E-state index contributed by atoms with van der Waals surface area (Å²) in [4.78, 5) is 24.3. The van der Waals surface area contributed by atoms with Crippen LogP contribution in [0.2, 0.25) is 0 Å². The second-order valence-electron chi connectivity index (χ2n) is 5.81. The van der Waals surface area contributed by atoms with Crippen molar-refractivity contribution in [2.24, 2.45) is 0 Å². The molecule has 1 heterocycles. The lowest BCUT2D eigenvalue weighted by Gasteiger charge is -2.33. The molecule has 1 atom stereocenters. The molecule has 0 aromatic rings. The Morgan fingerprint density at radius 2 is 1.84 bits per heavy atom. The molecule has 1 fully saturated rings. The Morgan fingerprint density at radius 3 is 2.32 bits per heavy atom. The number of carboxylic acid groups (broad SMARTS) is 1. The fourth-order valence-electron chi connectivity index (χ4n) is 1.95. The van der Waals surface area contributed by atoms with Gasteiger partial charge in [-0.3, -0.25) is 4.79 Å². The number of aliphatic carboxylic acids is 1. The number of sulfone groups is 1. The third-order valence-electron chi connectivity index (χ3n) is 3.35. The first-order valence-electron chi connectivity index (χ1n) is 6.31. The molecule has 0 radical (unpaired) electrons. The monoisotopic (exact) mass is 291 g/mol. The zero-order valence-electron chi connectivity index (χ0n) is 11.5. The van der Waals surface area contributed by atoms with Crippen LogP contribution in [-0.4, -0.2) is 53.4 Å². The molecule has 1 N–H and O–H groups in total. The molecule has 1 aliphatic heterocycles. The van der Waals surface area contributed by atoms with Crippen molar-refractivity contribution in [3.63, 3.8) is 0 Å². The Labute approximate surface area is 113 Å². The predicted octanol–water partition coefficient (Wildman–Crippen LogP) is 0.665. The molecule has 1 amide bonds. The van der Waals surface area contributed by atoms with Gasteiger partial charge in [-0.05, 0) is 40.0 Å². The van der Waals surface area contributed by atoms with Gasteiger partial charge in [-0.25, -0.2) is 13.2 Å². The fraction of sp³-hybridized carbons (Fsp3) is 0.833. The van der Waals surface area contributed by atoms with Gasteiger partial charge in [0.1, 0.15) is 11.8 Å². The number of amides is 1. The summed E-state index contributed by atoms with van der Waals surface area (Å²) in [5.41, 5.74) is 0. The zero-order valence-corrected chi connectivity index (χ0v) is 12.4. The van der Waals surface area contributed by atoms with Gasteiger partial charge in [0.05, 0.1) is 4.75 Å². The number of carbonyl (C=O) groups excluding carboxylic acids is 1. The van der Waals surface area contributed by atoms with Crippen LogP contribution < -0.4 is 0 Å². The molecule has 110 valence electrons. The highest BCUT2D eigenvalue weighted by atomic mass is 32.2. The second kappa shape index (κ2) is 5.48. The molecule has 1 saturated heterocycles. The molecule has 1 rings (SSSR count). The Hall–Kier alpha value is -1.11. The van der Waals surface area contributed by atoms with Crippen molar-refractivity contribution in [2.45, 2.75) is 50.8 Å². The molecule has 0 spiro atoms. The van der Waals surface area contributed by atoms with Crippen molar-refractivity contribution < 1.29 is 23.1 Å². The number of piperidine rings is 1. The van der Waals surface area contributed by atoms with E-state index in [1.165, 1.54) is 25.7 Å². The van der Waals surface area contributed by atoms with Crippen LogP contribution in [0.5, 0.6) is 0 Å². The average molecular weight is 291 g/mol. The summed E-state index contributed by atoms with van der Waals surface area (Å²) in [7, 11) is -3.58. The van der Waals surface area contributed by atoms with E-state index in [4.69, 9.17) is 5.11 Å². The topological polar surface area (TPSA) is 91.8 Å². The third kappa shape index (κ3) is 3.68. The van der Waals surface area contributed by atoms with Crippen LogP contribution in [-0.2, 0) is 19.4 Å². The molecule has 0 aromatic carbocycles. The first-order valence-corrected chi connectivity index (χ1v) is 7.96. The van der Waals surface area contributed by atoms with Crippen molar-refractivity contribution in [2.75, 3.05) is 12.3 Å². The number of rotatable bonds is 3. The van der Waals surface area contributed by atoms with Gasteiger partial charge in [0.2, 0.25) is 5.91 Å². The smallest absolute Gasteiger partial charge is 0.326 e. The van der Waals surface area contributed by atoms with E-state index in [0.29, 0.717) is 19.4 Å². The molecule has 0 aliphatic carbocycles. The highest BCUT2D eigenvalue weighted by Crippen LogP contribution is 2.21. The number of hydrogen-bond acceptors (Lipinski definition) is 4. The highest BCUT2D eigenvalue weighted by molar-refractivity contribution is 7.93. The van der Waals surface area contributed by atoms with Gasteiger partial charge in [-0.2, -0.15) is 0 Å². The van der Waals surface area contributed by atoms with E-state index in [9.17, 15) is 18.0 Å². The minimum atomic E-state index is -3.58. The minimum Gasteiger partial charge on any atom is -0.480 e. The van der Waals surface area contributed by atoms with Crippen LogP contribution in [0.1, 0.15) is 40.0 Å². The molecule has 1 aliphatic rings. The Kier molecular flexibility index (Phi) is 4.60. The maximum absolute atomic E-state index is 12.1. The van der Waals surface area contributed by atoms with Gasteiger partial charge in [-0.1, -0.05) is 0 Å². The first-order chi connectivity index (χ1) is 8.56. The van der Waals surface area contributed by atoms with Crippen LogP contribution in [0.4, 0.5) is 0 Å². The van der Waals surface area contributed by atoms with Gasteiger partial charge in [0.25, 0.3) is 0 Å². The zero-order chi connectivity index (χ0) is 14.8. The number of nitrogens with zero attached hydrogens (tertiary/aromatic N) is 1. The quantitative estimate of drug-likeness (QED) is 0.825. The van der Waals surface area contributed by atoms with Crippen LogP contribution in [0.3, 0.4) is 0 Å². The molecular formula is C12H21NO5S. The normalized spacial score (nSPS) is 21.2. The Bertz CT molecular complexity index is 463. The number of hydrogen-bond donors (Lipinski definition) is 1. The average Bonchev–Trinajstić information content (AvgIpc) is 2.26. The standard InChI is InChI=1S/C12H21NO5S/c1-12(2,3)19(17,18)8-10(14)13-7-5-4-6-9(13)11(15)16/h9H,4-8H2,1-3H3,(H,15,16). The summed E-state index contributed by atoms with van der Waals surface area (Å²) >= 11 is 0. The van der Waals surface area contributed by atoms with Crippen molar-refractivity contribution in [3.8, 4) is 0 Å².